The number of hydrogen-bond donors (Lipinski definition) is 1. The van der Waals surface area contributed by atoms with Crippen molar-refractivity contribution in [2.45, 2.75) is 0 Å². The summed E-state index contributed by atoms with van der Waals surface area (Å²) < 4.78 is 26.3. The number of amides is 1. The summed E-state index contributed by atoms with van der Waals surface area (Å²) in [5.41, 5.74) is 1.10. The number of nitrogens with one attached hydrogen (secondary N) is 1. The van der Waals surface area contributed by atoms with E-state index in [0.717, 1.165) is 23.2 Å². The van der Waals surface area contributed by atoms with Crippen LogP contribution < -0.4 is 10.2 Å². The zero-order chi connectivity index (χ0) is 22.0. The third-order valence-corrected chi connectivity index (χ3v) is 5.25. The van der Waals surface area contributed by atoms with Gasteiger partial charge in [-0.15, -0.1) is 0 Å². The lowest BCUT2D eigenvalue weighted by molar-refractivity contribution is -0.383. The van der Waals surface area contributed by atoms with Crippen LogP contribution in [0.5, 0.6) is 0 Å². The Morgan fingerprint density at radius 1 is 1.06 bits per heavy atom. The molecule has 0 unspecified atom stereocenters. The van der Waals surface area contributed by atoms with E-state index in [-0.39, 0.29) is 23.8 Å². The number of carbonyl (C=O) groups is 1. The first-order chi connectivity index (χ1) is 14.9. The lowest BCUT2D eigenvalue weighted by atomic mass is 10.1. The van der Waals surface area contributed by atoms with E-state index in [0.29, 0.717) is 31.6 Å². The molecule has 3 aromatic rings. The molecule has 0 saturated carbocycles. The van der Waals surface area contributed by atoms with E-state index in [2.05, 4.69) is 15.2 Å². The van der Waals surface area contributed by atoms with Crippen LogP contribution in [-0.2, 0) is 4.79 Å². The minimum Gasteiger partial charge on any atom is -0.368 e. The Morgan fingerprint density at radius 2 is 1.84 bits per heavy atom. The fraction of sp³-hybridized carbons (Fsp3) is 0.238. The summed E-state index contributed by atoms with van der Waals surface area (Å²) in [6.45, 7) is 2.60. The Hall–Kier alpha value is -3.66. The van der Waals surface area contributed by atoms with Crippen LogP contribution in [0.4, 0.5) is 25.8 Å². The summed E-state index contributed by atoms with van der Waals surface area (Å²) in [7, 11) is 0. The molecule has 0 aliphatic carbocycles. The molecule has 0 atom stereocenters. The molecule has 31 heavy (non-hydrogen) atoms. The van der Waals surface area contributed by atoms with Gasteiger partial charge in [-0.25, -0.2) is 8.78 Å². The number of hydrogen-bond acceptors (Lipinski definition) is 6. The first kappa shape index (κ1) is 20.6. The standard InChI is InChI=1S/C21H19F2N5O3/c22-17-2-1-14(11-18(17)23)25-21(29)13-26-7-9-27(10-8-26)19-3-4-20(28(30)31)16-12-24-6-5-15(16)19/h1-6,11-12H,7-10,13H2,(H,25,29). The van der Waals surface area contributed by atoms with Gasteiger partial charge in [0.15, 0.2) is 11.6 Å². The molecule has 10 heteroatoms. The van der Waals surface area contributed by atoms with Crippen molar-refractivity contribution in [3.63, 3.8) is 0 Å². The second kappa shape index (κ2) is 8.60. The zero-order valence-electron chi connectivity index (χ0n) is 16.4. The molecule has 8 nitrogen and oxygen atoms in total. The predicted octanol–water partition coefficient (Wildman–Crippen LogP) is 3.18. The molecule has 2 heterocycles. The van der Waals surface area contributed by atoms with E-state index < -0.39 is 16.6 Å². The van der Waals surface area contributed by atoms with Gasteiger partial charge in [-0.2, -0.15) is 0 Å². The van der Waals surface area contributed by atoms with Crippen molar-refractivity contribution in [2.24, 2.45) is 0 Å². The molecule has 1 saturated heterocycles. The highest BCUT2D eigenvalue weighted by molar-refractivity contribution is 5.99. The van der Waals surface area contributed by atoms with E-state index in [4.69, 9.17) is 0 Å². The van der Waals surface area contributed by atoms with Gasteiger partial charge in [0.05, 0.1) is 16.9 Å². The van der Waals surface area contributed by atoms with E-state index in [1.165, 1.54) is 18.3 Å². The fourth-order valence-corrected chi connectivity index (χ4v) is 3.72. The van der Waals surface area contributed by atoms with E-state index in [9.17, 15) is 23.7 Å². The summed E-state index contributed by atoms with van der Waals surface area (Å²) in [4.78, 5) is 31.2. The molecular formula is C21H19F2N5O3. The summed E-state index contributed by atoms with van der Waals surface area (Å²) in [5.74, 6) is -2.30. The number of nitrogens with zero attached hydrogens (tertiary/aromatic N) is 4. The highest BCUT2D eigenvalue weighted by Gasteiger charge is 2.23. The lowest BCUT2D eigenvalue weighted by Crippen LogP contribution is -2.48. The zero-order valence-corrected chi connectivity index (χ0v) is 16.4. The van der Waals surface area contributed by atoms with Crippen LogP contribution in [-0.4, -0.2) is 53.4 Å². The second-order valence-electron chi connectivity index (χ2n) is 7.22. The van der Waals surface area contributed by atoms with Crippen molar-refractivity contribution in [1.82, 2.24) is 9.88 Å². The first-order valence-electron chi connectivity index (χ1n) is 9.65. The summed E-state index contributed by atoms with van der Waals surface area (Å²) >= 11 is 0. The Balaban J connectivity index is 1.40. The number of anilines is 2. The Morgan fingerprint density at radius 3 is 2.55 bits per heavy atom. The maximum Gasteiger partial charge on any atom is 0.278 e. The lowest BCUT2D eigenvalue weighted by Gasteiger charge is -2.36. The molecule has 1 aliphatic rings. The Labute approximate surface area is 176 Å². The van der Waals surface area contributed by atoms with Crippen molar-refractivity contribution in [3.8, 4) is 0 Å². The average molecular weight is 427 g/mol. The summed E-state index contributed by atoms with van der Waals surface area (Å²) in [6, 6.07) is 8.21. The summed E-state index contributed by atoms with van der Waals surface area (Å²) in [6.07, 6.45) is 3.10. The van der Waals surface area contributed by atoms with Crippen LogP contribution in [0.1, 0.15) is 0 Å². The molecule has 160 valence electrons. The fourth-order valence-electron chi connectivity index (χ4n) is 3.72. The van der Waals surface area contributed by atoms with Crippen molar-refractivity contribution >= 4 is 33.7 Å². The van der Waals surface area contributed by atoms with Crippen molar-refractivity contribution in [3.05, 3.63) is 70.5 Å². The molecule has 1 N–H and O–H groups in total. The van der Waals surface area contributed by atoms with Crippen LogP contribution in [0.2, 0.25) is 0 Å². The number of halogens is 2. The number of aromatic nitrogens is 1. The average Bonchev–Trinajstić information content (AvgIpc) is 2.76. The first-order valence-corrected chi connectivity index (χ1v) is 9.65. The van der Waals surface area contributed by atoms with Gasteiger partial charge in [0.2, 0.25) is 5.91 Å². The Kier molecular flexibility index (Phi) is 5.72. The highest BCUT2D eigenvalue weighted by atomic mass is 19.2. The van der Waals surface area contributed by atoms with Crippen LogP contribution in [0, 0.1) is 21.7 Å². The number of carbonyl (C=O) groups excluding carboxylic acids is 1. The minimum atomic E-state index is -1.02. The van der Waals surface area contributed by atoms with Crippen LogP contribution >= 0.6 is 0 Å². The number of nitro groups is 1. The molecule has 0 bridgehead atoms. The number of benzene rings is 2. The number of rotatable bonds is 5. The van der Waals surface area contributed by atoms with Gasteiger partial charge in [0.25, 0.3) is 5.69 Å². The smallest absolute Gasteiger partial charge is 0.278 e. The maximum absolute atomic E-state index is 13.3. The van der Waals surface area contributed by atoms with E-state index in [1.54, 1.807) is 18.3 Å². The molecule has 2 aromatic carbocycles. The molecule has 1 amide bonds. The quantitative estimate of drug-likeness (QED) is 0.497. The largest absolute Gasteiger partial charge is 0.368 e. The number of piperazine rings is 1. The third kappa shape index (κ3) is 4.43. The highest BCUT2D eigenvalue weighted by Crippen LogP contribution is 2.33. The summed E-state index contributed by atoms with van der Waals surface area (Å²) in [5, 5.41) is 15.1. The molecule has 1 aliphatic heterocycles. The van der Waals surface area contributed by atoms with E-state index in [1.807, 2.05) is 4.90 Å². The van der Waals surface area contributed by atoms with Gasteiger partial charge >= 0.3 is 0 Å². The third-order valence-electron chi connectivity index (χ3n) is 5.25. The van der Waals surface area contributed by atoms with Crippen LogP contribution in [0.25, 0.3) is 10.8 Å². The van der Waals surface area contributed by atoms with Crippen molar-refractivity contribution in [1.29, 1.82) is 0 Å². The Bertz CT molecular complexity index is 1150. The monoisotopic (exact) mass is 427 g/mol. The minimum absolute atomic E-state index is 0.0133. The van der Waals surface area contributed by atoms with Gasteiger partial charge in [-0.1, -0.05) is 0 Å². The topological polar surface area (TPSA) is 91.6 Å². The van der Waals surface area contributed by atoms with Crippen molar-refractivity contribution < 1.29 is 18.5 Å². The van der Waals surface area contributed by atoms with Crippen molar-refractivity contribution in [2.75, 3.05) is 42.9 Å². The molecule has 0 spiro atoms. The number of fused-ring (bicyclic) bond motifs is 1. The van der Waals surface area contributed by atoms with Gasteiger partial charge in [-0.05, 0) is 24.3 Å². The van der Waals surface area contributed by atoms with Gasteiger partial charge in [-0.3, -0.25) is 24.8 Å². The van der Waals surface area contributed by atoms with Gasteiger partial charge in [0.1, 0.15) is 0 Å². The SMILES string of the molecule is O=C(CN1CCN(c2ccc([N+](=O)[O-])c3cnccc23)CC1)Nc1ccc(F)c(F)c1. The molecule has 1 aromatic heterocycles. The normalized spacial score (nSPS) is 14.6. The van der Waals surface area contributed by atoms with E-state index >= 15 is 0 Å². The second-order valence-corrected chi connectivity index (χ2v) is 7.22. The molecule has 1 fully saturated rings. The molecule has 0 radical (unpaired) electrons. The number of non-ortho nitro benzene ring substituents is 1. The molecule has 4 rings (SSSR count). The van der Waals surface area contributed by atoms with Gasteiger partial charge in [0, 0.05) is 67.5 Å². The maximum atomic E-state index is 13.3. The molecular weight excluding hydrogens is 408 g/mol. The van der Waals surface area contributed by atoms with Crippen LogP contribution in [0.3, 0.4) is 0 Å². The number of pyridine rings is 1. The van der Waals surface area contributed by atoms with Crippen LogP contribution in [0.15, 0.2) is 48.8 Å². The van der Waals surface area contributed by atoms with Gasteiger partial charge < -0.3 is 10.2 Å². The number of nitro benzene ring substituents is 1. The predicted molar refractivity (Wildman–Crippen MR) is 112 cm³/mol.